The fraction of sp³-hybridized carbons (Fsp3) is 0.174. The zero-order valence-corrected chi connectivity index (χ0v) is 16.3. The topological polar surface area (TPSA) is 6.25 Å². The summed E-state index contributed by atoms with van der Waals surface area (Å²) in [4.78, 5) is 2.51. The maximum Gasteiger partial charge on any atom is 0.280 e. The van der Waals surface area contributed by atoms with Gasteiger partial charge in [-0.2, -0.15) is 0 Å². The molecule has 0 fully saturated rings. The lowest BCUT2D eigenvalue weighted by Crippen LogP contribution is -3.00. The molecule has 1 aliphatic heterocycles. The highest BCUT2D eigenvalue weighted by Crippen LogP contribution is 2.17. The Balaban J connectivity index is 0.00000196. The van der Waals surface area contributed by atoms with Crippen molar-refractivity contribution >= 4 is 5.84 Å². The molecule has 0 spiro atoms. The van der Waals surface area contributed by atoms with Crippen molar-refractivity contribution in [2.45, 2.75) is 13.1 Å². The van der Waals surface area contributed by atoms with Crippen LogP contribution in [-0.4, -0.2) is 28.4 Å². The Kier molecular flexibility index (Phi) is 6.24. The summed E-state index contributed by atoms with van der Waals surface area (Å²) in [7, 11) is 0. The molecule has 132 valence electrons. The molecule has 0 unspecified atom stereocenters. The van der Waals surface area contributed by atoms with Gasteiger partial charge in [0.2, 0.25) is 0 Å². The van der Waals surface area contributed by atoms with E-state index in [1.807, 2.05) is 0 Å². The number of benzene rings is 3. The monoisotopic (exact) mass is 406 g/mol. The van der Waals surface area contributed by atoms with Crippen molar-refractivity contribution in [3.05, 3.63) is 108 Å². The van der Waals surface area contributed by atoms with E-state index in [-0.39, 0.29) is 17.0 Å². The molecule has 0 saturated heterocycles. The van der Waals surface area contributed by atoms with E-state index in [9.17, 15) is 0 Å². The Morgan fingerprint density at radius 1 is 0.692 bits per heavy atom. The minimum atomic E-state index is 0. The third kappa shape index (κ3) is 4.23. The van der Waals surface area contributed by atoms with E-state index >= 15 is 0 Å². The average molecular weight is 407 g/mol. The van der Waals surface area contributed by atoms with Crippen molar-refractivity contribution in [3.8, 4) is 0 Å². The molecule has 3 heteroatoms. The van der Waals surface area contributed by atoms with Crippen LogP contribution in [0.25, 0.3) is 0 Å². The molecule has 1 aliphatic rings. The third-order valence-electron chi connectivity index (χ3n) is 4.70. The summed E-state index contributed by atoms with van der Waals surface area (Å²) in [5, 5.41) is 0. The molecule has 0 N–H and O–H groups in total. The molecule has 4 rings (SSSR count). The first kappa shape index (κ1) is 18.4. The van der Waals surface area contributed by atoms with Crippen LogP contribution < -0.4 is 17.0 Å². The summed E-state index contributed by atoms with van der Waals surface area (Å²) in [6.07, 6.45) is 0. The summed E-state index contributed by atoms with van der Waals surface area (Å²) >= 11 is 0. The number of amidine groups is 1. The normalized spacial score (nSPS) is 13.6. The number of hydrogen-bond acceptors (Lipinski definition) is 1. The fourth-order valence-electron chi connectivity index (χ4n) is 3.52. The summed E-state index contributed by atoms with van der Waals surface area (Å²) in [6.45, 7) is 4.03. The van der Waals surface area contributed by atoms with Gasteiger partial charge >= 0.3 is 0 Å². The average Bonchev–Trinajstić information content (AvgIpc) is 3.06. The molecule has 0 atom stereocenters. The third-order valence-corrected chi connectivity index (χ3v) is 4.70. The summed E-state index contributed by atoms with van der Waals surface area (Å²) in [5.41, 5.74) is 4.02. The summed E-state index contributed by atoms with van der Waals surface area (Å²) in [6, 6.07) is 32.3. The maximum absolute atomic E-state index is 2.51. The first-order chi connectivity index (χ1) is 12.4. The van der Waals surface area contributed by atoms with Gasteiger partial charge in [0.1, 0.15) is 26.2 Å². The van der Waals surface area contributed by atoms with Crippen molar-refractivity contribution in [1.82, 2.24) is 4.90 Å². The summed E-state index contributed by atoms with van der Waals surface area (Å²) < 4.78 is 2.51. The van der Waals surface area contributed by atoms with Gasteiger partial charge in [-0.1, -0.05) is 78.9 Å². The zero-order valence-electron chi connectivity index (χ0n) is 14.8. The first-order valence-electron chi connectivity index (χ1n) is 8.90. The van der Waals surface area contributed by atoms with Gasteiger partial charge < -0.3 is 17.0 Å². The van der Waals surface area contributed by atoms with Gasteiger partial charge in [-0.25, -0.2) is 0 Å². The molecule has 0 bridgehead atoms. The largest absolute Gasteiger partial charge is 1.00 e. The second-order valence-electron chi connectivity index (χ2n) is 6.50. The zero-order chi connectivity index (χ0) is 16.9. The van der Waals surface area contributed by atoms with Crippen LogP contribution in [0.1, 0.15) is 16.7 Å². The number of rotatable bonds is 5. The lowest BCUT2D eigenvalue weighted by Gasteiger charge is -2.14. The molecular weight excluding hydrogens is 384 g/mol. The van der Waals surface area contributed by atoms with Crippen molar-refractivity contribution in [2.75, 3.05) is 13.1 Å². The molecular formula is C23H23BrN2. The lowest BCUT2D eigenvalue weighted by molar-refractivity contribution is -0.533. The van der Waals surface area contributed by atoms with Crippen LogP contribution in [0.2, 0.25) is 0 Å². The predicted molar refractivity (Wildman–Crippen MR) is 103 cm³/mol. The van der Waals surface area contributed by atoms with E-state index in [1.165, 1.54) is 22.5 Å². The molecule has 0 saturated carbocycles. The van der Waals surface area contributed by atoms with Gasteiger partial charge in [0.25, 0.3) is 5.84 Å². The summed E-state index contributed by atoms with van der Waals surface area (Å²) in [5.74, 6) is 1.34. The smallest absolute Gasteiger partial charge is 0.280 e. The fourth-order valence-corrected chi connectivity index (χ4v) is 3.52. The van der Waals surface area contributed by atoms with E-state index in [0.717, 1.165) is 26.2 Å². The minimum Gasteiger partial charge on any atom is -1.00 e. The number of hydrogen-bond donors (Lipinski definition) is 0. The Hall–Kier alpha value is -2.39. The SMILES string of the molecule is [Br-].c1ccc(CN2CC[N+](Cc3ccccc3)=C2c2ccccc2)cc1. The Morgan fingerprint density at radius 2 is 1.23 bits per heavy atom. The van der Waals surface area contributed by atoms with Crippen molar-refractivity contribution in [3.63, 3.8) is 0 Å². The second-order valence-corrected chi connectivity index (χ2v) is 6.50. The van der Waals surface area contributed by atoms with Crippen LogP contribution in [0, 0.1) is 0 Å². The highest BCUT2D eigenvalue weighted by molar-refractivity contribution is 5.95. The Bertz CT molecular complexity index is 845. The highest BCUT2D eigenvalue weighted by Gasteiger charge is 2.31. The molecule has 26 heavy (non-hydrogen) atoms. The lowest BCUT2D eigenvalue weighted by atomic mass is 10.1. The van der Waals surface area contributed by atoms with E-state index in [0.29, 0.717) is 0 Å². The van der Waals surface area contributed by atoms with Crippen LogP contribution in [0.3, 0.4) is 0 Å². The Morgan fingerprint density at radius 3 is 1.85 bits per heavy atom. The van der Waals surface area contributed by atoms with Crippen LogP contribution >= 0.6 is 0 Å². The van der Waals surface area contributed by atoms with E-state index in [1.54, 1.807) is 0 Å². The highest BCUT2D eigenvalue weighted by atomic mass is 79.9. The van der Waals surface area contributed by atoms with Gasteiger partial charge in [-0.15, -0.1) is 0 Å². The van der Waals surface area contributed by atoms with Gasteiger partial charge in [-0.3, -0.25) is 9.48 Å². The first-order valence-corrected chi connectivity index (χ1v) is 8.90. The van der Waals surface area contributed by atoms with Crippen LogP contribution in [0.4, 0.5) is 0 Å². The molecule has 0 radical (unpaired) electrons. The maximum atomic E-state index is 2.51. The molecule has 1 heterocycles. The molecule has 0 amide bonds. The van der Waals surface area contributed by atoms with Gasteiger partial charge in [0.15, 0.2) is 0 Å². The van der Waals surface area contributed by atoms with Gasteiger partial charge in [0, 0.05) is 0 Å². The van der Waals surface area contributed by atoms with E-state index in [4.69, 9.17) is 0 Å². The standard InChI is InChI=1S/C23H23N2.BrH/c1-4-10-20(11-5-1)18-24-16-17-25(19-21-12-6-2-7-13-21)23(24)22-14-8-3-9-15-22;/h1-15H,16-19H2;1H/q+1;/p-1. The van der Waals surface area contributed by atoms with Gasteiger partial charge in [0.05, 0.1) is 5.56 Å². The van der Waals surface area contributed by atoms with Crippen LogP contribution in [0.5, 0.6) is 0 Å². The number of nitrogens with zero attached hydrogens (tertiary/aromatic N) is 2. The molecule has 0 aliphatic carbocycles. The van der Waals surface area contributed by atoms with Crippen molar-refractivity contribution < 1.29 is 21.6 Å². The van der Waals surface area contributed by atoms with Crippen LogP contribution in [-0.2, 0) is 13.1 Å². The van der Waals surface area contributed by atoms with Crippen molar-refractivity contribution in [1.29, 1.82) is 0 Å². The molecule has 0 aromatic heterocycles. The molecule has 3 aromatic rings. The van der Waals surface area contributed by atoms with Crippen LogP contribution in [0.15, 0.2) is 91.0 Å². The molecule has 2 nitrogen and oxygen atoms in total. The van der Waals surface area contributed by atoms with Crippen molar-refractivity contribution in [2.24, 2.45) is 0 Å². The van der Waals surface area contributed by atoms with Gasteiger partial charge in [-0.05, 0) is 23.3 Å². The van der Waals surface area contributed by atoms with E-state index in [2.05, 4.69) is 100 Å². The Labute approximate surface area is 166 Å². The van der Waals surface area contributed by atoms with E-state index < -0.39 is 0 Å². The quantitative estimate of drug-likeness (QED) is 0.576. The number of halogens is 1. The predicted octanol–water partition coefficient (Wildman–Crippen LogP) is 1.17. The second kappa shape index (κ2) is 8.81. The minimum absolute atomic E-state index is 0. The molecule has 3 aromatic carbocycles.